The number of anilines is 1. The van der Waals surface area contributed by atoms with Gasteiger partial charge in [0.25, 0.3) is 15.9 Å². The molecule has 0 aliphatic carbocycles. The van der Waals surface area contributed by atoms with Crippen molar-refractivity contribution in [1.82, 2.24) is 25.1 Å². The number of hydrogen-bond acceptors (Lipinski definition) is 9. The molecule has 3 N–H and O–H groups in total. The molecule has 3 amide bonds. The van der Waals surface area contributed by atoms with Gasteiger partial charge in [0, 0.05) is 44.2 Å². The predicted octanol–water partition coefficient (Wildman–Crippen LogP) is 2.21. The van der Waals surface area contributed by atoms with E-state index in [1.165, 1.54) is 21.9 Å². The topological polar surface area (TPSA) is 188 Å². The first-order valence-electron chi connectivity index (χ1n) is 13.8. The van der Waals surface area contributed by atoms with Crippen LogP contribution in [0.1, 0.15) is 30.3 Å². The van der Waals surface area contributed by atoms with Gasteiger partial charge in [0.15, 0.2) is 5.82 Å². The van der Waals surface area contributed by atoms with Crippen LogP contribution in [-0.4, -0.2) is 96.0 Å². The molecule has 232 valence electrons. The van der Waals surface area contributed by atoms with E-state index in [4.69, 9.17) is 4.74 Å². The number of aromatic nitrogens is 2. The summed E-state index contributed by atoms with van der Waals surface area (Å²) >= 11 is 0. The van der Waals surface area contributed by atoms with Gasteiger partial charge in [0.1, 0.15) is 17.6 Å². The lowest BCUT2D eigenvalue weighted by Crippen LogP contribution is -2.56. The number of amides is 3. The number of ether oxygens (including phenoxy) is 1. The minimum absolute atomic E-state index is 0.0201. The number of carbonyl (C=O) groups is 4. The summed E-state index contributed by atoms with van der Waals surface area (Å²) in [4.78, 5) is 61.8. The van der Waals surface area contributed by atoms with Crippen molar-refractivity contribution in [2.75, 3.05) is 37.5 Å². The zero-order valence-corrected chi connectivity index (χ0v) is 24.7. The molecule has 15 heteroatoms. The summed E-state index contributed by atoms with van der Waals surface area (Å²) in [5, 5.41) is 11.8. The number of carbonyl (C=O) groups excluding carboxylic acids is 3. The molecule has 14 nitrogen and oxygen atoms in total. The number of piperazine rings is 1. The first-order chi connectivity index (χ1) is 21.1. The van der Waals surface area contributed by atoms with Gasteiger partial charge in [-0.25, -0.2) is 23.2 Å². The van der Waals surface area contributed by atoms with Crippen LogP contribution in [0.25, 0.3) is 11.4 Å². The second-order valence-electron chi connectivity index (χ2n) is 9.72. The molecule has 1 atom stereocenters. The highest BCUT2D eigenvalue weighted by Gasteiger charge is 2.31. The number of sulfonamides is 1. The third kappa shape index (κ3) is 8.28. The van der Waals surface area contributed by atoms with E-state index in [9.17, 15) is 32.7 Å². The van der Waals surface area contributed by atoms with Crippen LogP contribution in [0.15, 0.2) is 71.6 Å². The van der Waals surface area contributed by atoms with Crippen molar-refractivity contribution in [3.63, 3.8) is 0 Å². The Morgan fingerprint density at radius 3 is 2.16 bits per heavy atom. The quantitative estimate of drug-likeness (QED) is 0.285. The summed E-state index contributed by atoms with van der Waals surface area (Å²) in [6.45, 7) is 2.64. The van der Waals surface area contributed by atoms with Crippen molar-refractivity contribution < 1.29 is 37.4 Å². The Morgan fingerprint density at radius 2 is 1.55 bits per heavy atom. The van der Waals surface area contributed by atoms with Crippen molar-refractivity contribution in [3.05, 3.63) is 72.4 Å². The van der Waals surface area contributed by atoms with E-state index < -0.39 is 46.4 Å². The van der Waals surface area contributed by atoms with Crippen LogP contribution in [0, 0.1) is 0 Å². The fraction of sp³-hybridized carbons (Fsp3) is 0.310. The fourth-order valence-corrected chi connectivity index (χ4v) is 5.44. The van der Waals surface area contributed by atoms with E-state index in [2.05, 4.69) is 20.0 Å². The summed E-state index contributed by atoms with van der Waals surface area (Å²) < 4.78 is 33.4. The number of benzene rings is 2. The molecule has 2 heterocycles. The Bertz CT molecular complexity index is 1600. The Labute approximate surface area is 254 Å². The molecular weight excluding hydrogens is 592 g/mol. The minimum atomic E-state index is -4.07. The lowest BCUT2D eigenvalue weighted by atomic mass is 10.1. The predicted molar refractivity (Wildman–Crippen MR) is 158 cm³/mol. The molecule has 1 saturated heterocycles. The molecule has 44 heavy (non-hydrogen) atoms. The molecule has 0 saturated carbocycles. The second kappa shape index (κ2) is 14.4. The van der Waals surface area contributed by atoms with Crippen LogP contribution in [0.2, 0.25) is 0 Å². The minimum Gasteiger partial charge on any atom is -0.481 e. The lowest BCUT2D eigenvalue weighted by Gasteiger charge is -2.35. The van der Waals surface area contributed by atoms with Crippen molar-refractivity contribution in [2.45, 2.75) is 30.7 Å². The monoisotopic (exact) mass is 624 g/mol. The standard InChI is InChI=1S/C29H32N6O8S/c1-2-43-29(40)35-17-15-34(16-18-35)28(39)22(13-14-25(36)37)31-27(38)23-19-24(32-26(30-23)20-9-5-3-6-10-20)33-44(41,42)21-11-7-4-8-12-21/h3-12,19,22H,2,13-18H2,1H3,(H,31,38)(H,36,37)(H,30,32,33). The Balaban J connectivity index is 1.59. The van der Waals surface area contributed by atoms with Gasteiger partial charge in [-0.15, -0.1) is 0 Å². The highest BCUT2D eigenvalue weighted by atomic mass is 32.2. The van der Waals surface area contributed by atoms with Crippen LogP contribution in [0.5, 0.6) is 0 Å². The fourth-order valence-electron chi connectivity index (χ4n) is 4.43. The maximum atomic E-state index is 13.5. The Kier molecular flexibility index (Phi) is 10.4. The zero-order chi connectivity index (χ0) is 31.7. The van der Waals surface area contributed by atoms with Gasteiger partial charge in [-0.05, 0) is 25.5 Å². The average molecular weight is 625 g/mol. The highest BCUT2D eigenvalue weighted by molar-refractivity contribution is 7.92. The number of carboxylic acids is 1. The first kappa shape index (κ1) is 31.9. The number of aliphatic carboxylic acids is 1. The molecule has 3 aromatic rings. The maximum Gasteiger partial charge on any atom is 0.409 e. The van der Waals surface area contributed by atoms with E-state index in [1.807, 2.05) is 0 Å². The summed E-state index contributed by atoms with van der Waals surface area (Å²) in [6, 6.07) is 16.1. The van der Waals surface area contributed by atoms with Crippen LogP contribution in [0.4, 0.5) is 10.6 Å². The molecule has 0 spiro atoms. The zero-order valence-electron chi connectivity index (χ0n) is 23.9. The summed E-state index contributed by atoms with van der Waals surface area (Å²) in [5.41, 5.74) is 0.255. The van der Waals surface area contributed by atoms with Crippen molar-refractivity contribution in [2.24, 2.45) is 0 Å². The molecule has 2 aromatic carbocycles. The lowest BCUT2D eigenvalue weighted by molar-refractivity contribution is -0.138. The van der Waals surface area contributed by atoms with E-state index in [-0.39, 0.29) is 61.4 Å². The summed E-state index contributed by atoms with van der Waals surface area (Å²) in [7, 11) is -4.07. The summed E-state index contributed by atoms with van der Waals surface area (Å²) in [6.07, 6.45) is -1.10. The second-order valence-corrected chi connectivity index (χ2v) is 11.4. The molecule has 1 fully saturated rings. The number of nitrogens with one attached hydrogen (secondary N) is 2. The van der Waals surface area contributed by atoms with Gasteiger partial charge in [-0.1, -0.05) is 48.5 Å². The largest absolute Gasteiger partial charge is 0.481 e. The van der Waals surface area contributed by atoms with E-state index in [0.717, 1.165) is 6.07 Å². The third-order valence-corrected chi connectivity index (χ3v) is 8.02. The van der Waals surface area contributed by atoms with Crippen molar-refractivity contribution in [3.8, 4) is 11.4 Å². The van der Waals surface area contributed by atoms with E-state index >= 15 is 0 Å². The number of hydrogen-bond donors (Lipinski definition) is 3. The van der Waals surface area contributed by atoms with Gasteiger partial charge in [0.2, 0.25) is 5.91 Å². The van der Waals surface area contributed by atoms with Gasteiger partial charge >= 0.3 is 12.1 Å². The number of rotatable bonds is 11. The molecule has 1 aliphatic heterocycles. The van der Waals surface area contributed by atoms with Gasteiger partial charge in [-0.2, -0.15) is 0 Å². The molecule has 1 aromatic heterocycles. The van der Waals surface area contributed by atoms with Gasteiger partial charge < -0.3 is 25.0 Å². The summed E-state index contributed by atoms with van der Waals surface area (Å²) in [5.74, 6) is -2.65. The maximum absolute atomic E-state index is 13.5. The first-order valence-corrected chi connectivity index (χ1v) is 15.3. The average Bonchev–Trinajstić information content (AvgIpc) is 3.03. The number of nitrogens with zero attached hydrogens (tertiary/aromatic N) is 4. The van der Waals surface area contributed by atoms with Crippen LogP contribution in [0.3, 0.4) is 0 Å². The van der Waals surface area contributed by atoms with Gasteiger partial charge in [-0.3, -0.25) is 19.1 Å². The smallest absolute Gasteiger partial charge is 0.409 e. The molecule has 1 aliphatic rings. The van der Waals surface area contributed by atoms with Crippen LogP contribution in [-0.2, 0) is 24.3 Å². The van der Waals surface area contributed by atoms with Crippen LogP contribution >= 0.6 is 0 Å². The highest BCUT2D eigenvalue weighted by Crippen LogP contribution is 2.21. The SMILES string of the molecule is CCOC(=O)N1CCN(C(=O)C(CCC(=O)O)NC(=O)c2cc(NS(=O)(=O)c3ccccc3)nc(-c3ccccc3)n2)CC1. The Morgan fingerprint density at radius 1 is 0.932 bits per heavy atom. The van der Waals surface area contributed by atoms with Crippen molar-refractivity contribution >= 4 is 39.7 Å². The molecule has 0 radical (unpaired) electrons. The molecule has 0 bridgehead atoms. The number of carboxylic acid groups (broad SMARTS) is 1. The van der Waals surface area contributed by atoms with Crippen molar-refractivity contribution in [1.29, 1.82) is 0 Å². The van der Waals surface area contributed by atoms with Crippen LogP contribution < -0.4 is 10.0 Å². The molecular formula is C29H32N6O8S. The molecule has 1 unspecified atom stereocenters. The van der Waals surface area contributed by atoms with Gasteiger partial charge in [0.05, 0.1) is 11.5 Å². The third-order valence-electron chi connectivity index (χ3n) is 6.65. The molecule has 4 rings (SSSR count). The normalized spacial score (nSPS) is 13.9. The van der Waals surface area contributed by atoms with E-state index in [1.54, 1.807) is 55.5 Å². The Hall–Kier alpha value is -5.05. The van der Waals surface area contributed by atoms with E-state index in [0.29, 0.717) is 5.56 Å².